The van der Waals surface area contributed by atoms with Crippen LogP contribution in [0.15, 0.2) is 24.3 Å². The van der Waals surface area contributed by atoms with Gasteiger partial charge >= 0.3 is 0 Å². The minimum absolute atomic E-state index is 0.193. The third kappa shape index (κ3) is 4.16. The lowest BCUT2D eigenvalue weighted by Crippen LogP contribution is -2.20. The molecule has 1 rings (SSSR count). The van der Waals surface area contributed by atoms with Crippen LogP contribution in [0.25, 0.3) is 0 Å². The molecule has 2 N–H and O–H groups in total. The standard InChI is InChI=1S/C16H27N/c1-5-14(6-2)16(17)15-9-7-13(8-10-15)11-12(3)4/h7-10,12,14,16H,5-6,11,17H2,1-4H3. The van der Waals surface area contributed by atoms with Crippen LogP contribution in [0.3, 0.4) is 0 Å². The van der Waals surface area contributed by atoms with Crippen LogP contribution in [0.5, 0.6) is 0 Å². The highest BCUT2D eigenvalue weighted by atomic mass is 14.6. The number of rotatable bonds is 6. The largest absolute Gasteiger partial charge is 0.324 e. The molecule has 1 heteroatoms. The molecule has 0 aliphatic heterocycles. The molecule has 1 aromatic carbocycles. The minimum atomic E-state index is 0.193. The zero-order valence-corrected chi connectivity index (χ0v) is 11.7. The van der Waals surface area contributed by atoms with Gasteiger partial charge in [0.15, 0.2) is 0 Å². The van der Waals surface area contributed by atoms with Crippen molar-refractivity contribution in [2.24, 2.45) is 17.6 Å². The van der Waals surface area contributed by atoms with Crippen LogP contribution in [0.2, 0.25) is 0 Å². The fraction of sp³-hybridized carbons (Fsp3) is 0.625. The summed E-state index contributed by atoms with van der Waals surface area (Å²) in [5, 5.41) is 0. The van der Waals surface area contributed by atoms with Gasteiger partial charge in [0.25, 0.3) is 0 Å². The van der Waals surface area contributed by atoms with Crippen molar-refractivity contribution in [2.45, 2.75) is 53.0 Å². The Morgan fingerprint density at radius 2 is 1.53 bits per heavy atom. The summed E-state index contributed by atoms with van der Waals surface area (Å²) in [4.78, 5) is 0. The maximum Gasteiger partial charge on any atom is 0.0323 e. The van der Waals surface area contributed by atoms with Gasteiger partial charge in [-0.25, -0.2) is 0 Å². The van der Waals surface area contributed by atoms with Crippen LogP contribution in [0.1, 0.15) is 57.7 Å². The van der Waals surface area contributed by atoms with Crippen molar-refractivity contribution in [3.63, 3.8) is 0 Å². The Labute approximate surface area is 106 Å². The Kier molecular flexibility index (Phi) is 5.70. The molecule has 1 atom stereocenters. The second-order valence-corrected chi connectivity index (χ2v) is 5.44. The van der Waals surface area contributed by atoms with Crippen molar-refractivity contribution in [3.8, 4) is 0 Å². The first-order valence-electron chi connectivity index (χ1n) is 6.92. The van der Waals surface area contributed by atoms with Gasteiger partial charge in [0, 0.05) is 6.04 Å². The monoisotopic (exact) mass is 233 g/mol. The van der Waals surface area contributed by atoms with Crippen LogP contribution < -0.4 is 5.73 Å². The maximum absolute atomic E-state index is 6.31. The fourth-order valence-electron chi connectivity index (χ4n) is 2.42. The number of benzene rings is 1. The summed E-state index contributed by atoms with van der Waals surface area (Å²) in [5.74, 6) is 1.32. The van der Waals surface area contributed by atoms with E-state index in [2.05, 4.69) is 52.0 Å². The molecule has 0 heterocycles. The molecule has 0 aliphatic carbocycles. The third-order valence-corrected chi connectivity index (χ3v) is 3.57. The zero-order valence-electron chi connectivity index (χ0n) is 11.7. The maximum atomic E-state index is 6.31. The zero-order chi connectivity index (χ0) is 12.8. The van der Waals surface area contributed by atoms with E-state index in [4.69, 9.17) is 5.73 Å². The molecule has 0 aliphatic rings. The van der Waals surface area contributed by atoms with Crippen LogP contribution >= 0.6 is 0 Å². The van der Waals surface area contributed by atoms with Crippen LogP contribution in [0.4, 0.5) is 0 Å². The molecular formula is C16H27N. The molecule has 1 unspecified atom stereocenters. The predicted octanol–water partition coefficient (Wildman–Crippen LogP) is 4.32. The summed E-state index contributed by atoms with van der Waals surface area (Å²) < 4.78 is 0. The summed E-state index contributed by atoms with van der Waals surface area (Å²) >= 11 is 0. The topological polar surface area (TPSA) is 26.0 Å². The van der Waals surface area contributed by atoms with E-state index < -0.39 is 0 Å². The molecule has 0 amide bonds. The average molecular weight is 233 g/mol. The first-order valence-corrected chi connectivity index (χ1v) is 6.92. The van der Waals surface area contributed by atoms with E-state index in [1.165, 1.54) is 11.1 Å². The van der Waals surface area contributed by atoms with E-state index in [-0.39, 0.29) is 6.04 Å². The Balaban J connectivity index is 2.72. The second-order valence-electron chi connectivity index (χ2n) is 5.44. The van der Waals surface area contributed by atoms with E-state index in [0.717, 1.165) is 19.3 Å². The smallest absolute Gasteiger partial charge is 0.0323 e. The van der Waals surface area contributed by atoms with Gasteiger partial charge in [-0.3, -0.25) is 0 Å². The van der Waals surface area contributed by atoms with Crippen molar-refractivity contribution in [1.82, 2.24) is 0 Å². The lowest BCUT2D eigenvalue weighted by atomic mass is 9.89. The van der Waals surface area contributed by atoms with Crippen LogP contribution in [-0.4, -0.2) is 0 Å². The van der Waals surface area contributed by atoms with Gasteiger partial charge in [-0.1, -0.05) is 64.8 Å². The van der Waals surface area contributed by atoms with E-state index in [0.29, 0.717) is 11.8 Å². The number of hydrogen-bond donors (Lipinski definition) is 1. The van der Waals surface area contributed by atoms with Gasteiger partial charge in [0.2, 0.25) is 0 Å². The number of hydrogen-bond acceptors (Lipinski definition) is 1. The molecule has 0 bridgehead atoms. The molecule has 0 saturated carbocycles. The Morgan fingerprint density at radius 1 is 1.00 bits per heavy atom. The Bertz CT molecular complexity index is 309. The van der Waals surface area contributed by atoms with Crippen molar-refractivity contribution in [1.29, 1.82) is 0 Å². The minimum Gasteiger partial charge on any atom is -0.324 e. The van der Waals surface area contributed by atoms with Gasteiger partial charge in [-0.2, -0.15) is 0 Å². The van der Waals surface area contributed by atoms with Gasteiger partial charge in [0.1, 0.15) is 0 Å². The summed E-state index contributed by atoms with van der Waals surface area (Å²) in [6.45, 7) is 8.95. The lowest BCUT2D eigenvalue weighted by Gasteiger charge is -2.21. The summed E-state index contributed by atoms with van der Waals surface area (Å²) in [6.07, 6.45) is 3.47. The van der Waals surface area contributed by atoms with Gasteiger partial charge < -0.3 is 5.73 Å². The summed E-state index contributed by atoms with van der Waals surface area (Å²) in [7, 11) is 0. The molecule has 0 radical (unpaired) electrons. The molecular weight excluding hydrogens is 206 g/mol. The molecule has 0 aromatic heterocycles. The van der Waals surface area contributed by atoms with Gasteiger partial charge in [0.05, 0.1) is 0 Å². The third-order valence-electron chi connectivity index (χ3n) is 3.57. The van der Waals surface area contributed by atoms with Crippen molar-refractivity contribution < 1.29 is 0 Å². The number of nitrogens with two attached hydrogens (primary N) is 1. The average Bonchev–Trinajstić information content (AvgIpc) is 2.30. The second kappa shape index (κ2) is 6.80. The van der Waals surface area contributed by atoms with Crippen LogP contribution in [-0.2, 0) is 6.42 Å². The SMILES string of the molecule is CCC(CC)C(N)c1ccc(CC(C)C)cc1. The normalized spacial score (nSPS) is 13.4. The molecule has 17 heavy (non-hydrogen) atoms. The predicted molar refractivity (Wildman–Crippen MR) is 76.0 cm³/mol. The van der Waals surface area contributed by atoms with E-state index in [1.54, 1.807) is 0 Å². The first kappa shape index (κ1) is 14.2. The van der Waals surface area contributed by atoms with Crippen molar-refractivity contribution in [3.05, 3.63) is 35.4 Å². The van der Waals surface area contributed by atoms with E-state index >= 15 is 0 Å². The molecule has 1 aromatic rings. The summed E-state index contributed by atoms with van der Waals surface area (Å²) in [5.41, 5.74) is 9.01. The van der Waals surface area contributed by atoms with Crippen molar-refractivity contribution in [2.75, 3.05) is 0 Å². The fourth-order valence-corrected chi connectivity index (χ4v) is 2.42. The summed E-state index contributed by atoms with van der Waals surface area (Å²) in [6, 6.07) is 9.08. The molecule has 0 saturated heterocycles. The Morgan fingerprint density at radius 3 is 1.94 bits per heavy atom. The highest BCUT2D eigenvalue weighted by Gasteiger charge is 2.15. The Hall–Kier alpha value is -0.820. The van der Waals surface area contributed by atoms with Gasteiger partial charge in [-0.15, -0.1) is 0 Å². The van der Waals surface area contributed by atoms with E-state index in [1.807, 2.05) is 0 Å². The molecule has 0 fully saturated rings. The highest BCUT2D eigenvalue weighted by Crippen LogP contribution is 2.25. The van der Waals surface area contributed by atoms with E-state index in [9.17, 15) is 0 Å². The van der Waals surface area contributed by atoms with Gasteiger partial charge in [-0.05, 0) is 29.4 Å². The quantitative estimate of drug-likeness (QED) is 0.778. The molecule has 0 spiro atoms. The van der Waals surface area contributed by atoms with Crippen molar-refractivity contribution >= 4 is 0 Å². The van der Waals surface area contributed by atoms with Crippen LogP contribution in [0, 0.1) is 11.8 Å². The first-order chi connectivity index (χ1) is 8.08. The molecule has 96 valence electrons. The lowest BCUT2D eigenvalue weighted by molar-refractivity contribution is 0.405. The highest BCUT2D eigenvalue weighted by molar-refractivity contribution is 5.25. The molecule has 1 nitrogen and oxygen atoms in total.